The number of benzene rings is 2. The molecule has 0 bridgehead atoms. The van der Waals surface area contributed by atoms with Gasteiger partial charge in [0.15, 0.2) is 0 Å². The van der Waals surface area contributed by atoms with Gasteiger partial charge in [0.2, 0.25) is 17.7 Å². The molecule has 36 heavy (non-hydrogen) atoms. The van der Waals surface area contributed by atoms with Gasteiger partial charge in [0.05, 0.1) is 12.7 Å². The van der Waals surface area contributed by atoms with Crippen molar-refractivity contribution in [3.63, 3.8) is 0 Å². The molecule has 2 aromatic carbocycles. The van der Waals surface area contributed by atoms with Gasteiger partial charge in [-0.2, -0.15) is 5.26 Å². The van der Waals surface area contributed by atoms with Gasteiger partial charge in [0.1, 0.15) is 23.2 Å². The van der Waals surface area contributed by atoms with E-state index in [0.29, 0.717) is 28.3 Å². The van der Waals surface area contributed by atoms with Crippen LogP contribution in [0, 0.1) is 11.3 Å². The van der Waals surface area contributed by atoms with Crippen molar-refractivity contribution < 1.29 is 9.53 Å². The quantitative estimate of drug-likeness (QED) is 0.390. The second kappa shape index (κ2) is 10.7. The van der Waals surface area contributed by atoms with Crippen molar-refractivity contribution in [1.29, 1.82) is 5.26 Å². The Kier molecular flexibility index (Phi) is 7.28. The highest BCUT2D eigenvalue weighted by Gasteiger charge is 2.16. The van der Waals surface area contributed by atoms with Crippen LogP contribution >= 0.6 is 11.6 Å². The van der Waals surface area contributed by atoms with Crippen LogP contribution < -0.4 is 20.5 Å². The van der Waals surface area contributed by atoms with Crippen molar-refractivity contribution in [3.8, 4) is 17.7 Å². The van der Waals surface area contributed by atoms with Crippen LogP contribution in [0.2, 0.25) is 5.02 Å². The molecule has 0 spiro atoms. The monoisotopic (exact) mass is 500 g/mol. The summed E-state index contributed by atoms with van der Waals surface area (Å²) in [5.41, 5.74) is 1.55. The van der Waals surface area contributed by atoms with Gasteiger partial charge >= 0.3 is 0 Å². The maximum absolute atomic E-state index is 13.3. The second-order valence-corrected chi connectivity index (χ2v) is 8.22. The van der Waals surface area contributed by atoms with Crippen LogP contribution in [0.25, 0.3) is 0 Å². The summed E-state index contributed by atoms with van der Waals surface area (Å²) < 4.78 is 7.17. The van der Waals surface area contributed by atoms with E-state index in [2.05, 4.69) is 15.3 Å². The van der Waals surface area contributed by atoms with E-state index >= 15 is 0 Å². The van der Waals surface area contributed by atoms with Crippen LogP contribution in [-0.4, -0.2) is 27.5 Å². The molecule has 180 valence electrons. The van der Waals surface area contributed by atoms with E-state index in [-0.39, 0.29) is 29.4 Å². The molecule has 2 aromatic heterocycles. The number of carbonyl (C=O) groups is 1. The molecule has 0 fully saturated rings. The number of pyridine rings is 1. The summed E-state index contributed by atoms with van der Waals surface area (Å²) in [5.74, 6) is 0.845. The third-order valence-corrected chi connectivity index (χ3v) is 5.54. The summed E-state index contributed by atoms with van der Waals surface area (Å²) in [5, 5.41) is 12.7. The van der Waals surface area contributed by atoms with Gasteiger partial charge in [-0.3, -0.25) is 14.2 Å². The van der Waals surface area contributed by atoms with Crippen molar-refractivity contribution in [2.24, 2.45) is 0 Å². The molecule has 0 saturated carbocycles. The fourth-order valence-electron chi connectivity index (χ4n) is 3.29. The molecular weight excluding hydrogens is 480 g/mol. The predicted molar refractivity (Wildman–Crippen MR) is 137 cm³/mol. The SMILES string of the molecule is CC(=O)N(C)c1cnc(Nc2ccc(Oc3cccc(C#N)n3)cc2)n(Cc2ccc(Cl)cc2)c1=O. The third kappa shape index (κ3) is 5.68. The normalized spacial score (nSPS) is 10.4. The van der Waals surface area contributed by atoms with Crippen LogP contribution in [-0.2, 0) is 11.3 Å². The number of nitrogens with one attached hydrogen (secondary N) is 1. The smallest absolute Gasteiger partial charge is 0.279 e. The van der Waals surface area contributed by atoms with Crippen molar-refractivity contribution in [2.75, 3.05) is 17.3 Å². The molecular formula is C26H21ClN6O3. The first-order chi connectivity index (χ1) is 17.3. The molecule has 0 aliphatic heterocycles. The first-order valence-electron chi connectivity index (χ1n) is 10.8. The third-order valence-electron chi connectivity index (χ3n) is 5.29. The Labute approximate surface area is 212 Å². The lowest BCUT2D eigenvalue weighted by molar-refractivity contribution is -0.116. The minimum Gasteiger partial charge on any atom is -0.439 e. The van der Waals surface area contributed by atoms with Gasteiger partial charge in [-0.05, 0) is 48.0 Å². The van der Waals surface area contributed by atoms with Gasteiger partial charge in [-0.15, -0.1) is 0 Å². The van der Waals surface area contributed by atoms with E-state index < -0.39 is 0 Å². The first-order valence-corrected chi connectivity index (χ1v) is 11.2. The fraction of sp³-hybridized carbons (Fsp3) is 0.115. The van der Waals surface area contributed by atoms with Crippen LogP contribution in [0.3, 0.4) is 0 Å². The zero-order valence-electron chi connectivity index (χ0n) is 19.5. The summed E-state index contributed by atoms with van der Waals surface area (Å²) in [6, 6.07) is 21.0. The first kappa shape index (κ1) is 24.4. The van der Waals surface area contributed by atoms with E-state index in [4.69, 9.17) is 21.6 Å². The van der Waals surface area contributed by atoms with Gasteiger partial charge in [0, 0.05) is 30.7 Å². The van der Waals surface area contributed by atoms with E-state index in [9.17, 15) is 9.59 Å². The summed E-state index contributed by atoms with van der Waals surface area (Å²) in [7, 11) is 1.53. The molecule has 1 N–H and O–H groups in total. The molecule has 0 unspecified atom stereocenters. The molecule has 0 aliphatic carbocycles. The minimum atomic E-state index is -0.372. The molecule has 0 radical (unpaired) electrons. The molecule has 0 aliphatic rings. The lowest BCUT2D eigenvalue weighted by Gasteiger charge is -2.19. The van der Waals surface area contributed by atoms with Crippen molar-refractivity contribution in [3.05, 3.63) is 99.6 Å². The highest BCUT2D eigenvalue weighted by Crippen LogP contribution is 2.24. The Morgan fingerprint density at radius 3 is 2.53 bits per heavy atom. The van der Waals surface area contributed by atoms with E-state index in [1.807, 2.05) is 18.2 Å². The number of nitrogens with zero attached hydrogens (tertiary/aromatic N) is 5. The zero-order chi connectivity index (χ0) is 25.7. The molecule has 4 aromatic rings. The molecule has 10 heteroatoms. The Bertz CT molecular complexity index is 1490. The molecule has 1 amide bonds. The Hall–Kier alpha value is -4.68. The molecule has 4 rings (SSSR count). The Morgan fingerprint density at radius 2 is 1.86 bits per heavy atom. The van der Waals surface area contributed by atoms with Gasteiger partial charge in [-0.1, -0.05) is 29.8 Å². The number of nitriles is 1. The van der Waals surface area contributed by atoms with Crippen LogP contribution in [0.15, 0.2) is 77.7 Å². The average molecular weight is 501 g/mol. The van der Waals surface area contributed by atoms with Crippen molar-refractivity contribution >= 4 is 34.8 Å². The number of hydrogen-bond donors (Lipinski definition) is 1. The molecule has 2 heterocycles. The van der Waals surface area contributed by atoms with E-state index in [0.717, 1.165) is 5.56 Å². The number of hydrogen-bond acceptors (Lipinski definition) is 7. The second-order valence-electron chi connectivity index (χ2n) is 7.79. The molecule has 0 atom stereocenters. The number of ether oxygens (including phenoxy) is 1. The lowest BCUT2D eigenvalue weighted by atomic mass is 10.2. The van der Waals surface area contributed by atoms with Crippen molar-refractivity contribution in [1.82, 2.24) is 14.5 Å². The predicted octanol–water partition coefficient (Wildman–Crippen LogP) is 4.73. The number of rotatable bonds is 7. The summed E-state index contributed by atoms with van der Waals surface area (Å²) >= 11 is 6.00. The van der Waals surface area contributed by atoms with Gasteiger partial charge < -0.3 is 15.0 Å². The molecule has 0 saturated heterocycles. The maximum atomic E-state index is 13.3. The van der Waals surface area contributed by atoms with Crippen LogP contribution in [0.4, 0.5) is 17.3 Å². The Balaban J connectivity index is 1.62. The highest BCUT2D eigenvalue weighted by atomic mass is 35.5. The maximum Gasteiger partial charge on any atom is 0.279 e. The minimum absolute atomic E-state index is 0.165. The van der Waals surface area contributed by atoms with E-state index in [1.165, 1.54) is 29.6 Å². The lowest BCUT2D eigenvalue weighted by Crippen LogP contribution is -2.34. The van der Waals surface area contributed by atoms with Crippen LogP contribution in [0.1, 0.15) is 18.2 Å². The number of halogens is 1. The standard InChI is InChI=1S/C26H21ClN6O3/c1-17(34)32(2)23-15-29-26(33(25(23)35)16-18-6-8-19(27)9-7-18)31-20-10-12-22(13-11-20)36-24-5-3-4-21(14-28)30-24/h3-13,15H,16H2,1-2H3,(H,29,31). The topological polar surface area (TPSA) is 113 Å². The number of amides is 1. The van der Waals surface area contributed by atoms with Crippen LogP contribution in [0.5, 0.6) is 11.6 Å². The summed E-state index contributed by atoms with van der Waals surface area (Å²) in [4.78, 5) is 35.0. The number of carbonyl (C=O) groups excluding carboxylic acids is 1. The highest BCUT2D eigenvalue weighted by molar-refractivity contribution is 6.30. The number of anilines is 3. The van der Waals surface area contributed by atoms with Gasteiger partial charge in [0.25, 0.3) is 5.56 Å². The van der Waals surface area contributed by atoms with Crippen molar-refractivity contribution in [2.45, 2.75) is 13.5 Å². The molecule has 9 nitrogen and oxygen atoms in total. The largest absolute Gasteiger partial charge is 0.439 e. The zero-order valence-corrected chi connectivity index (χ0v) is 20.2. The Morgan fingerprint density at radius 1 is 1.14 bits per heavy atom. The average Bonchev–Trinajstić information content (AvgIpc) is 2.88. The number of aromatic nitrogens is 3. The van der Waals surface area contributed by atoms with E-state index in [1.54, 1.807) is 54.6 Å². The van der Waals surface area contributed by atoms with Gasteiger partial charge in [-0.25, -0.2) is 9.97 Å². The summed E-state index contributed by atoms with van der Waals surface area (Å²) in [6.07, 6.45) is 1.37. The summed E-state index contributed by atoms with van der Waals surface area (Å²) in [6.45, 7) is 1.60. The fourth-order valence-corrected chi connectivity index (χ4v) is 3.42.